The van der Waals surface area contributed by atoms with Crippen LogP contribution in [0.5, 0.6) is 0 Å². The van der Waals surface area contributed by atoms with E-state index in [0.717, 1.165) is 47.2 Å². The van der Waals surface area contributed by atoms with Crippen LogP contribution in [0.1, 0.15) is 12.0 Å². The largest absolute Gasteiger partial charge is 0.385 e. The molecule has 1 saturated heterocycles. The van der Waals surface area contributed by atoms with E-state index in [9.17, 15) is 4.79 Å². The molecule has 0 unspecified atom stereocenters. The van der Waals surface area contributed by atoms with Crippen LogP contribution in [-0.4, -0.2) is 53.5 Å². The second kappa shape index (κ2) is 8.19. The predicted molar refractivity (Wildman–Crippen MR) is 126 cm³/mol. The number of aromatic nitrogens is 2. The van der Waals surface area contributed by atoms with Gasteiger partial charge in [-0.15, -0.1) is 0 Å². The Morgan fingerprint density at radius 2 is 1.97 bits per heavy atom. The van der Waals surface area contributed by atoms with E-state index in [4.69, 9.17) is 11.6 Å². The lowest BCUT2D eigenvalue weighted by atomic mass is 9.92. The lowest BCUT2D eigenvalue weighted by Gasteiger charge is -2.35. The molecule has 158 valence electrons. The lowest BCUT2D eigenvalue weighted by molar-refractivity contribution is -0.126. The molecule has 0 aliphatic carbocycles. The van der Waals surface area contributed by atoms with Crippen molar-refractivity contribution in [1.29, 1.82) is 0 Å². The number of amides is 1. The molecule has 0 bridgehead atoms. The number of benzene rings is 2. The summed E-state index contributed by atoms with van der Waals surface area (Å²) >= 11 is 6.82. The van der Waals surface area contributed by atoms with E-state index in [-0.39, 0.29) is 5.91 Å². The van der Waals surface area contributed by atoms with Gasteiger partial charge in [0.15, 0.2) is 0 Å². The maximum Gasteiger partial charge on any atom is 0.246 e. The molecule has 7 heteroatoms. The number of hydrogen-bond acceptors (Lipinski definition) is 5. The van der Waals surface area contributed by atoms with Crippen molar-refractivity contribution >= 4 is 39.9 Å². The number of carbonyl (C=O) groups is 1. The molecule has 2 aromatic carbocycles. The standard InChI is InChI=1S/C24H24ClN5O/c1-2-23(31)29-9-11-30(12-10-29)24-19-13-20(25)18(14-22(19)27-15-28-24)16-5-3-7-21-17(16)6-4-8-26-21/h2-3,5,7,13-15,26H,1,4,6,8-12H2. The summed E-state index contributed by atoms with van der Waals surface area (Å²) in [5.41, 5.74) is 5.53. The average molecular weight is 434 g/mol. The highest BCUT2D eigenvalue weighted by atomic mass is 35.5. The summed E-state index contributed by atoms with van der Waals surface area (Å²) in [5, 5.41) is 5.12. The number of nitrogens with one attached hydrogen (secondary N) is 1. The van der Waals surface area contributed by atoms with Gasteiger partial charge in [-0.1, -0.05) is 30.3 Å². The van der Waals surface area contributed by atoms with Gasteiger partial charge < -0.3 is 15.1 Å². The Morgan fingerprint density at radius 3 is 2.77 bits per heavy atom. The van der Waals surface area contributed by atoms with Gasteiger partial charge in [0.05, 0.1) is 5.52 Å². The van der Waals surface area contributed by atoms with Gasteiger partial charge in [-0.2, -0.15) is 0 Å². The fraction of sp³-hybridized carbons (Fsp3) is 0.292. The number of anilines is 2. The smallest absolute Gasteiger partial charge is 0.246 e. The van der Waals surface area contributed by atoms with Crippen molar-refractivity contribution in [2.45, 2.75) is 12.8 Å². The molecule has 6 nitrogen and oxygen atoms in total. The Bertz CT molecular complexity index is 1170. The summed E-state index contributed by atoms with van der Waals surface area (Å²) in [7, 11) is 0. The van der Waals surface area contributed by atoms with Crippen molar-refractivity contribution in [3.63, 3.8) is 0 Å². The van der Waals surface area contributed by atoms with Crippen LogP contribution >= 0.6 is 11.6 Å². The van der Waals surface area contributed by atoms with E-state index in [1.54, 1.807) is 6.33 Å². The molecule has 2 aliphatic rings. The van der Waals surface area contributed by atoms with Crippen LogP contribution in [0.15, 0.2) is 49.3 Å². The molecule has 5 rings (SSSR count). The molecular weight excluding hydrogens is 410 g/mol. The van der Waals surface area contributed by atoms with Crippen LogP contribution in [0.3, 0.4) is 0 Å². The van der Waals surface area contributed by atoms with E-state index in [2.05, 4.69) is 51.0 Å². The zero-order chi connectivity index (χ0) is 21.4. The maximum absolute atomic E-state index is 11.9. The highest BCUT2D eigenvalue weighted by molar-refractivity contribution is 6.34. The molecule has 1 fully saturated rings. The van der Waals surface area contributed by atoms with E-state index in [1.165, 1.54) is 17.3 Å². The van der Waals surface area contributed by atoms with Crippen molar-refractivity contribution in [1.82, 2.24) is 14.9 Å². The van der Waals surface area contributed by atoms with Gasteiger partial charge in [-0.25, -0.2) is 9.97 Å². The predicted octanol–water partition coefficient (Wildman–Crippen LogP) is 4.14. The van der Waals surface area contributed by atoms with Gasteiger partial charge in [-0.3, -0.25) is 4.79 Å². The van der Waals surface area contributed by atoms with Crippen LogP contribution in [0.4, 0.5) is 11.5 Å². The molecular formula is C24H24ClN5O. The Balaban J connectivity index is 1.52. The molecule has 3 heterocycles. The Hall–Kier alpha value is -3.12. The van der Waals surface area contributed by atoms with E-state index in [0.29, 0.717) is 31.2 Å². The first-order valence-electron chi connectivity index (χ1n) is 10.6. The molecule has 2 aliphatic heterocycles. The molecule has 3 aromatic rings. The molecule has 1 aromatic heterocycles. The quantitative estimate of drug-likeness (QED) is 0.629. The Morgan fingerprint density at radius 1 is 1.13 bits per heavy atom. The second-order valence-electron chi connectivity index (χ2n) is 7.92. The van der Waals surface area contributed by atoms with Gasteiger partial charge in [0.2, 0.25) is 5.91 Å². The number of piperazine rings is 1. The van der Waals surface area contributed by atoms with Gasteiger partial charge in [0.1, 0.15) is 12.1 Å². The van der Waals surface area contributed by atoms with Crippen molar-refractivity contribution in [2.75, 3.05) is 42.9 Å². The fourth-order valence-corrected chi connectivity index (χ4v) is 4.82. The SMILES string of the molecule is C=CC(=O)N1CCN(c2ncnc3cc(-c4cccc5c4CCCN5)c(Cl)cc23)CC1. The van der Waals surface area contributed by atoms with E-state index < -0.39 is 0 Å². The summed E-state index contributed by atoms with van der Waals surface area (Å²) in [6, 6.07) is 10.4. The third kappa shape index (κ3) is 3.61. The number of nitrogens with zero attached hydrogens (tertiary/aromatic N) is 4. The van der Waals surface area contributed by atoms with Gasteiger partial charge >= 0.3 is 0 Å². The minimum Gasteiger partial charge on any atom is -0.385 e. The third-order valence-corrected chi connectivity index (χ3v) is 6.47. The third-order valence-electron chi connectivity index (χ3n) is 6.15. The zero-order valence-electron chi connectivity index (χ0n) is 17.3. The molecule has 0 atom stereocenters. The molecule has 0 radical (unpaired) electrons. The summed E-state index contributed by atoms with van der Waals surface area (Å²) in [6.07, 6.45) is 5.13. The number of rotatable bonds is 3. The minimum absolute atomic E-state index is 0.0273. The topological polar surface area (TPSA) is 61.4 Å². The highest BCUT2D eigenvalue weighted by Gasteiger charge is 2.23. The Kier molecular flexibility index (Phi) is 5.24. The van der Waals surface area contributed by atoms with Crippen LogP contribution in [0.25, 0.3) is 22.0 Å². The van der Waals surface area contributed by atoms with Gasteiger partial charge in [-0.05, 0) is 48.2 Å². The first-order valence-corrected chi connectivity index (χ1v) is 11.0. The number of hydrogen-bond donors (Lipinski definition) is 1. The van der Waals surface area contributed by atoms with Crippen molar-refractivity contribution in [3.8, 4) is 11.1 Å². The van der Waals surface area contributed by atoms with Gasteiger partial charge in [0, 0.05) is 54.4 Å². The van der Waals surface area contributed by atoms with E-state index in [1.807, 2.05) is 11.0 Å². The number of halogens is 1. The molecule has 1 N–H and O–H groups in total. The van der Waals surface area contributed by atoms with Crippen molar-refractivity contribution in [2.24, 2.45) is 0 Å². The molecule has 1 amide bonds. The maximum atomic E-state index is 11.9. The summed E-state index contributed by atoms with van der Waals surface area (Å²) < 4.78 is 0. The van der Waals surface area contributed by atoms with Crippen molar-refractivity contribution < 1.29 is 4.79 Å². The first kappa shape index (κ1) is 19.8. The molecule has 31 heavy (non-hydrogen) atoms. The van der Waals surface area contributed by atoms with Crippen molar-refractivity contribution in [3.05, 3.63) is 59.9 Å². The molecule has 0 spiro atoms. The van der Waals surface area contributed by atoms with Crippen LogP contribution in [-0.2, 0) is 11.2 Å². The number of carbonyl (C=O) groups excluding carboxylic acids is 1. The van der Waals surface area contributed by atoms with E-state index >= 15 is 0 Å². The number of fused-ring (bicyclic) bond motifs is 2. The highest BCUT2D eigenvalue weighted by Crippen LogP contribution is 2.39. The van der Waals surface area contributed by atoms with Gasteiger partial charge in [0.25, 0.3) is 0 Å². The summed E-state index contributed by atoms with van der Waals surface area (Å²) in [4.78, 5) is 25.0. The average Bonchev–Trinajstić information content (AvgIpc) is 2.82. The first-order chi connectivity index (χ1) is 15.2. The zero-order valence-corrected chi connectivity index (χ0v) is 18.0. The minimum atomic E-state index is -0.0273. The molecule has 0 saturated carbocycles. The van der Waals surface area contributed by atoms with Crippen LogP contribution in [0, 0.1) is 0 Å². The fourth-order valence-electron chi connectivity index (χ4n) is 4.55. The van der Waals surface area contributed by atoms with Crippen LogP contribution in [0.2, 0.25) is 5.02 Å². The second-order valence-corrected chi connectivity index (χ2v) is 8.33. The lowest BCUT2D eigenvalue weighted by Crippen LogP contribution is -2.48. The monoisotopic (exact) mass is 433 g/mol. The summed E-state index contributed by atoms with van der Waals surface area (Å²) in [5.74, 6) is 0.835. The summed E-state index contributed by atoms with van der Waals surface area (Å²) in [6.45, 7) is 7.29. The normalized spacial score (nSPS) is 16.0. The Labute approximate surface area is 186 Å². The van der Waals surface area contributed by atoms with Crippen LogP contribution < -0.4 is 10.2 Å².